The summed E-state index contributed by atoms with van der Waals surface area (Å²) < 4.78 is 0. The molecule has 1 aromatic carbocycles. The van der Waals surface area contributed by atoms with Gasteiger partial charge in [0, 0.05) is 32.0 Å². The number of phenols is 1. The number of carbonyl (C=O) groups excluding carboxylic acids is 1. The third-order valence-corrected chi connectivity index (χ3v) is 6.88. The summed E-state index contributed by atoms with van der Waals surface area (Å²) in [6.45, 7) is 11.6. The normalized spacial score (nSPS) is 17.3. The number of likely N-dealkylation sites (tertiary alicyclic amines) is 1. The third-order valence-electron chi connectivity index (χ3n) is 6.88. The van der Waals surface area contributed by atoms with E-state index < -0.39 is 0 Å². The average Bonchev–Trinajstić information content (AvgIpc) is 2.79. The molecule has 1 atom stereocenters. The van der Waals surface area contributed by atoms with Crippen LogP contribution in [0.5, 0.6) is 5.75 Å². The highest BCUT2D eigenvalue weighted by Crippen LogP contribution is 2.41. The minimum atomic E-state index is -0.366. The van der Waals surface area contributed by atoms with Gasteiger partial charge in [-0.2, -0.15) is 0 Å². The fourth-order valence-electron chi connectivity index (χ4n) is 4.71. The predicted octanol–water partition coefficient (Wildman–Crippen LogP) is 4.48. The maximum atomic E-state index is 12.7. The van der Waals surface area contributed by atoms with Crippen molar-refractivity contribution in [3.63, 3.8) is 0 Å². The summed E-state index contributed by atoms with van der Waals surface area (Å²) in [7, 11) is 1.80. The number of piperidine rings is 1. The molecule has 0 saturated carbocycles. The Morgan fingerprint density at radius 3 is 2.41 bits per heavy atom. The summed E-state index contributed by atoms with van der Waals surface area (Å²) >= 11 is 0. The quantitative estimate of drug-likeness (QED) is 0.658. The van der Waals surface area contributed by atoms with Crippen LogP contribution in [0.25, 0.3) is 0 Å². The Morgan fingerprint density at radius 1 is 1.19 bits per heavy atom. The van der Waals surface area contributed by atoms with Gasteiger partial charge in [-0.15, -0.1) is 0 Å². The number of hydrogen-bond donors (Lipinski definition) is 1. The van der Waals surface area contributed by atoms with Gasteiger partial charge in [-0.1, -0.05) is 32.4 Å². The number of aromatic nitrogens is 2. The second-order valence-electron chi connectivity index (χ2n) is 9.63. The molecule has 2 heterocycles. The van der Waals surface area contributed by atoms with E-state index in [0.29, 0.717) is 11.5 Å². The molecule has 6 heteroatoms. The lowest BCUT2D eigenvalue weighted by Crippen LogP contribution is -2.45. The summed E-state index contributed by atoms with van der Waals surface area (Å²) in [5, 5.41) is 10.2. The van der Waals surface area contributed by atoms with E-state index in [0.717, 1.165) is 43.9 Å². The zero-order valence-electron chi connectivity index (χ0n) is 20.2. The Labute approximate surface area is 192 Å². The van der Waals surface area contributed by atoms with E-state index in [1.165, 1.54) is 12.8 Å². The van der Waals surface area contributed by atoms with E-state index in [4.69, 9.17) is 9.97 Å². The third kappa shape index (κ3) is 5.29. The van der Waals surface area contributed by atoms with E-state index in [1.807, 2.05) is 26.0 Å². The highest BCUT2D eigenvalue weighted by molar-refractivity contribution is 5.93. The average molecular weight is 439 g/mol. The summed E-state index contributed by atoms with van der Waals surface area (Å²) in [5.41, 5.74) is 1.17. The summed E-state index contributed by atoms with van der Waals surface area (Å²) in [6.07, 6.45) is 7.54. The molecule has 1 unspecified atom stereocenters. The zero-order chi connectivity index (χ0) is 23.3. The van der Waals surface area contributed by atoms with Crippen molar-refractivity contribution >= 4 is 5.91 Å². The maximum Gasteiger partial charge on any atom is 0.256 e. The Hall–Kier alpha value is -2.47. The second kappa shape index (κ2) is 10.4. The fraction of sp³-hybridized carbons (Fsp3) is 0.577. The molecule has 1 N–H and O–H groups in total. The molecule has 1 saturated heterocycles. The monoisotopic (exact) mass is 438 g/mol. The summed E-state index contributed by atoms with van der Waals surface area (Å²) in [4.78, 5) is 26.3. The van der Waals surface area contributed by atoms with Gasteiger partial charge in [0.25, 0.3) is 5.91 Å². The van der Waals surface area contributed by atoms with Crippen molar-refractivity contribution in [2.45, 2.75) is 64.8 Å². The molecule has 0 bridgehead atoms. The highest BCUT2D eigenvalue weighted by Gasteiger charge is 2.40. The Bertz CT molecular complexity index is 889. The van der Waals surface area contributed by atoms with Crippen LogP contribution in [0.15, 0.2) is 36.7 Å². The van der Waals surface area contributed by atoms with E-state index in [2.05, 4.69) is 24.8 Å². The molecule has 32 heavy (non-hydrogen) atoms. The van der Waals surface area contributed by atoms with Gasteiger partial charge in [0.2, 0.25) is 0 Å². The van der Waals surface area contributed by atoms with E-state index >= 15 is 0 Å². The second-order valence-corrected chi connectivity index (χ2v) is 9.63. The number of benzene rings is 1. The first-order valence-corrected chi connectivity index (χ1v) is 11.9. The molecule has 1 amide bonds. The SMILES string of the molecule is CCCC(C)CN1CCC(c2cccc(O)c2)(c2ncc(C(=O)N(C)C(C)C)cn2)CC1. The van der Waals surface area contributed by atoms with E-state index in [-0.39, 0.29) is 23.1 Å². The van der Waals surface area contributed by atoms with Gasteiger partial charge in [0.05, 0.1) is 11.0 Å². The van der Waals surface area contributed by atoms with Gasteiger partial charge in [-0.3, -0.25) is 4.79 Å². The van der Waals surface area contributed by atoms with Gasteiger partial charge >= 0.3 is 0 Å². The number of hydrogen-bond acceptors (Lipinski definition) is 5. The Balaban J connectivity index is 1.88. The minimum Gasteiger partial charge on any atom is -0.508 e. The predicted molar refractivity (Wildman–Crippen MR) is 128 cm³/mol. The first-order chi connectivity index (χ1) is 15.3. The summed E-state index contributed by atoms with van der Waals surface area (Å²) in [5.74, 6) is 1.60. The largest absolute Gasteiger partial charge is 0.508 e. The molecule has 0 radical (unpaired) electrons. The first kappa shape index (κ1) is 24.2. The van der Waals surface area contributed by atoms with Gasteiger partial charge < -0.3 is 14.9 Å². The minimum absolute atomic E-state index is 0.0716. The molecule has 1 fully saturated rings. The van der Waals surface area contributed by atoms with Crippen molar-refractivity contribution in [3.05, 3.63) is 53.6 Å². The van der Waals surface area contributed by atoms with Crippen LogP contribution in [0.1, 0.15) is 75.1 Å². The molecular weight excluding hydrogens is 400 g/mol. The van der Waals surface area contributed by atoms with Crippen LogP contribution in [0.4, 0.5) is 0 Å². The standard InChI is InChI=1S/C26H38N4O2/c1-6-8-20(4)18-30-13-11-26(12-14-30,22-9-7-10-23(31)15-22)25-27-16-21(17-28-25)24(32)29(5)19(2)3/h7,9-10,15-17,19-20,31H,6,8,11-14,18H2,1-5H3. The molecule has 1 aliphatic rings. The van der Waals surface area contributed by atoms with Crippen LogP contribution in [-0.4, -0.2) is 63.5 Å². The number of nitrogens with zero attached hydrogens (tertiary/aromatic N) is 4. The van der Waals surface area contributed by atoms with Crippen molar-refractivity contribution < 1.29 is 9.90 Å². The molecule has 174 valence electrons. The summed E-state index contributed by atoms with van der Waals surface area (Å²) in [6, 6.07) is 7.59. The number of aromatic hydroxyl groups is 1. The zero-order valence-corrected chi connectivity index (χ0v) is 20.2. The lowest BCUT2D eigenvalue weighted by molar-refractivity contribution is 0.0753. The van der Waals surface area contributed by atoms with Crippen molar-refractivity contribution in [1.82, 2.24) is 19.8 Å². The lowest BCUT2D eigenvalue weighted by Gasteiger charge is -2.42. The van der Waals surface area contributed by atoms with Gasteiger partial charge in [0.15, 0.2) is 0 Å². The molecular formula is C26H38N4O2. The number of rotatable bonds is 8. The van der Waals surface area contributed by atoms with Crippen molar-refractivity contribution in [2.24, 2.45) is 5.92 Å². The van der Waals surface area contributed by atoms with Gasteiger partial charge in [0.1, 0.15) is 11.6 Å². The molecule has 6 nitrogen and oxygen atoms in total. The van der Waals surface area contributed by atoms with Crippen LogP contribution < -0.4 is 0 Å². The van der Waals surface area contributed by atoms with Gasteiger partial charge in [-0.25, -0.2) is 9.97 Å². The van der Waals surface area contributed by atoms with Crippen molar-refractivity contribution in [2.75, 3.05) is 26.7 Å². The number of carbonyl (C=O) groups is 1. The van der Waals surface area contributed by atoms with E-state index in [1.54, 1.807) is 30.4 Å². The molecule has 1 aliphatic heterocycles. The molecule has 1 aromatic heterocycles. The van der Waals surface area contributed by atoms with Crippen molar-refractivity contribution in [1.29, 1.82) is 0 Å². The van der Waals surface area contributed by atoms with Crippen LogP contribution >= 0.6 is 0 Å². The molecule has 0 spiro atoms. The number of phenolic OH excluding ortho intramolecular Hbond substituents is 1. The van der Waals surface area contributed by atoms with Crippen LogP contribution in [0.2, 0.25) is 0 Å². The van der Waals surface area contributed by atoms with Crippen LogP contribution in [0, 0.1) is 5.92 Å². The topological polar surface area (TPSA) is 69.6 Å². The first-order valence-electron chi connectivity index (χ1n) is 11.9. The smallest absolute Gasteiger partial charge is 0.256 e. The lowest BCUT2D eigenvalue weighted by atomic mass is 9.71. The Kier molecular flexibility index (Phi) is 7.88. The molecule has 0 aliphatic carbocycles. The van der Waals surface area contributed by atoms with E-state index in [9.17, 15) is 9.90 Å². The van der Waals surface area contributed by atoms with Crippen LogP contribution in [-0.2, 0) is 5.41 Å². The van der Waals surface area contributed by atoms with Crippen LogP contribution in [0.3, 0.4) is 0 Å². The molecule has 2 aromatic rings. The van der Waals surface area contributed by atoms with Crippen molar-refractivity contribution in [3.8, 4) is 5.75 Å². The molecule has 3 rings (SSSR count). The number of amides is 1. The fourth-order valence-corrected chi connectivity index (χ4v) is 4.71. The maximum absolute atomic E-state index is 12.7. The van der Waals surface area contributed by atoms with Gasteiger partial charge in [-0.05, 0) is 69.8 Å². The highest BCUT2D eigenvalue weighted by atomic mass is 16.3. The Morgan fingerprint density at radius 2 is 1.84 bits per heavy atom.